The molecule has 0 spiro atoms. The van der Waals surface area contributed by atoms with Crippen molar-refractivity contribution in [2.24, 2.45) is 21.5 Å². The van der Waals surface area contributed by atoms with Gasteiger partial charge in [-0.05, 0) is 37.0 Å². The van der Waals surface area contributed by atoms with Crippen molar-refractivity contribution in [3.05, 3.63) is 33.8 Å². The van der Waals surface area contributed by atoms with Crippen LogP contribution in [-0.4, -0.2) is 29.9 Å². The monoisotopic (exact) mass is 363 g/mol. The average molecular weight is 365 g/mol. The van der Waals surface area contributed by atoms with Gasteiger partial charge in [0.2, 0.25) is 5.96 Å². The number of piperidine rings is 1. The quantitative estimate of drug-likeness (QED) is 0.625. The molecule has 4 N–H and O–H groups in total. The molecule has 1 saturated heterocycles. The smallest absolute Gasteiger partial charge is 0.218 e. The number of hydrogen-bond acceptors (Lipinski definition) is 1. The molecule has 0 radical (unpaired) electrons. The van der Waals surface area contributed by atoms with Gasteiger partial charge in [0.25, 0.3) is 0 Å². The lowest BCUT2D eigenvalue weighted by molar-refractivity contribution is 0.339. The average Bonchev–Trinajstić information content (AvgIpc) is 2.49. The van der Waals surface area contributed by atoms with Gasteiger partial charge in [0.1, 0.15) is 0 Å². The predicted octanol–water partition coefficient (Wildman–Crippen LogP) is 3.03. The molecule has 0 bridgehead atoms. The lowest BCUT2D eigenvalue weighted by atomic mass is 10.1. The molecule has 8 heteroatoms. The zero-order valence-electron chi connectivity index (χ0n) is 12.1. The second kappa shape index (κ2) is 9.08. The second-order valence-corrected chi connectivity index (χ2v) is 5.75. The number of nitrogens with zero attached hydrogens (tertiary/aromatic N) is 3. The van der Waals surface area contributed by atoms with Crippen molar-refractivity contribution in [2.75, 3.05) is 13.1 Å². The summed E-state index contributed by atoms with van der Waals surface area (Å²) in [5.41, 5.74) is 12.6. The molecule has 5 nitrogen and oxygen atoms in total. The van der Waals surface area contributed by atoms with E-state index >= 15 is 0 Å². The highest BCUT2D eigenvalue weighted by Crippen LogP contribution is 2.22. The number of rotatable bonds is 2. The van der Waals surface area contributed by atoms with E-state index in [-0.39, 0.29) is 18.4 Å². The molecule has 0 aliphatic carbocycles. The maximum Gasteiger partial charge on any atom is 0.218 e. The zero-order valence-corrected chi connectivity index (χ0v) is 14.5. The molecule has 1 aliphatic rings. The zero-order chi connectivity index (χ0) is 15.2. The van der Waals surface area contributed by atoms with E-state index in [1.54, 1.807) is 12.1 Å². The van der Waals surface area contributed by atoms with Gasteiger partial charge in [-0.1, -0.05) is 29.3 Å². The van der Waals surface area contributed by atoms with Crippen LogP contribution in [0.4, 0.5) is 0 Å². The molecular weight excluding hydrogens is 345 g/mol. The third-order valence-electron chi connectivity index (χ3n) is 3.32. The van der Waals surface area contributed by atoms with Crippen molar-refractivity contribution in [1.82, 2.24) is 4.90 Å². The Hall–Kier alpha value is -1.17. The summed E-state index contributed by atoms with van der Waals surface area (Å²) in [5.74, 6) is 0.606. The maximum atomic E-state index is 5.95. The highest BCUT2D eigenvalue weighted by atomic mass is 35.5. The summed E-state index contributed by atoms with van der Waals surface area (Å²) in [4.78, 5) is 10.4. The van der Waals surface area contributed by atoms with Crippen LogP contribution in [0.1, 0.15) is 24.8 Å². The molecule has 122 valence electrons. The minimum atomic E-state index is 0. The Kier molecular flexibility index (Phi) is 7.79. The number of aliphatic imine (C=N–C) groups is 2. The van der Waals surface area contributed by atoms with E-state index in [1.165, 1.54) is 6.42 Å². The van der Waals surface area contributed by atoms with Crippen LogP contribution in [0.3, 0.4) is 0 Å². The summed E-state index contributed by atoms with van der Waals surface area (Å²) in [6, 6.07) is 5.34. The standard InChI is InChI=1S/C14H19Cl2N5.ClH/c15-11-5-4-10(8-12(11)16)9-19-13(17)20-14(18)21-6-2-1-3-7-21;/h4-5,8H,1-3,6-7,9H2,(H4,17,18,19,20);1H. The molecule has 0 atom stereocenters. The van der Waals surface area contributed by atoms with E-state index < -0.39 is 0 Å². The van der Waals surface area contributed by atoms with Gasteiger partial charge in [-0.15, -0.1) is 12.4 Å². The van der Waals surface area contributed by atoms with Gasteiger partial charge in [-0.3, -0.25) is 0 Å². The van der Waals surface area contributed by atoms with Crippen LogP contribution >= 0.6 is 35.6 Å². The van der Waals surface area contributed by atoms with E-state index in [4.69, 9.17) is 34.7 Å². The third kappa shape index (κ3) is 5.55. The number of hydrogen-bond donors (Lipinski definition) is 2. The van der Waals surface area contributed by atoms with Crippen molar-refractivity contribution < 1.29 is 0 Å². The van der Waals surface area contributed by atoms with Gasteiger partial charge in [0, 0.05) is 13.1 Å². The fraction of sp³-hybridized carbons (Fsp3) is 0.429. The SMILES string of the molecule is Cl.NC(=NCc1ccc(Cl)c(Cl)c1)N=C(N)N1CCCCC1. The first-order chi connectivity index (χ1) is 10.1. The fourth-order valence-corrected chi connectivity index (χ4v) is 2.48. The molecular formula is C14H20Cl3N5. The van der Waals surface area contributed by atoms with Crippen LogP contribution in [0, 0.1) is 0 Å². The summed E-state index contributed by atoms with van der Waals surface area (Å²) >= 11 is 11.8. The minimum Gasteiger partial charge on any atom is -0.369 e. The molecule has 1 aromatic rings. The lowest BCUT2D eigenvalue weighted by Crippen LogP contribution is -2.41. The molecule has 0 unspecified atom stereocenters. The Morgan fingerprint density at radius 3 is 2.41 bits per heavy atom. The predicted molar refractivity (Wildman–Crippen MR) is 96.1 cm³/mol. The first kappa shape index (κ1) is 18.9. The van der Waals surface area contributed by atoms with Gasteiger partial charge >= 0.3 is 0 Å². The fourth-order valence-electron chi connectivity index (χ4n) is 2.16. The Morgan fingerprint density at radius 1 is 1.09 bits per heavy atom. The van der Waals surface area contributed by atoms with E-state index in [0.29, 0.717) is 22.5 Å². The molecule has 1 aliphatic heterocycles. The summed E-state index contributed by atoms with van der Waals surface area (Å²) in [5, 5.41) is 1.02. The topological polar surface area (TPSA) is 80.0 Å². The molecule has 2 rings (SSSR count). The normalized spacial score (nSPS) is 16.4. The van der Waals surface area contributed by atoms with Gasteiger partial charge in [-0.25, -0.2) is 4.99 Å². The van der Waals surface area contributed by atoms with Gasteiger partial charge in [0.05, 0.1) is 16.6 Å². The second-order valence-electron chi connectivity index (χ2n) is 4.94. The van der Waals surface area contributed by atoms with Crippen molar-refractivity contribution in [1.29, 1.82) is 0 Å². The van der Waals surface area contributed by atoms with Crippen molar-refractivity contribution in [3.63, 3.8) is 0 Å². The van der Waals surface area contributed by atoms with E-state index in [1.807, 2.05) is 11.0 Å². The molecule has 0 aromatic heterocycles. The van der Waals surface area contributed by atoms with Crippen molar-refractivity contribution in [3.8, 4) is 0 Å². The molecule has 1 heterocycles. The molecule has 22 heavy (non-hydrogen) atoms. The lowest BCUT2D eigenvalue weighted by Gasteiger charge is -2.27. The van der Waals surface area contributed by atoms with E-state index in [9.17, 15) is 0 Å². The maximum absolute atomic E-state index is 5.95. The molecule has 0 amide bonds. The molecule has 1 aromatic carbocycles. The summed E-state index contributed by atoms with van der Waals surface area (Å²) in [6.45, 7) is 2.24. The number of benzene rings is 1. The van der Waals surface area contributed by atoms with Crippen LogP contribution in [-0.2, 0) is 6.54 Å². The summed E-state index contributed by atoms with van der Waals surface area (Å²) < 4.78 is 0. The first-order valence-corrected chi connectivity index (χ1v) is 7.65. The minimum absolute atomic E-state index is 0. The first-order valence-electron chi connectivity index (χ1n) is 6.89. The van der Waals surface area contributed by atoms with Crippen LogP contribution in [0.5, 0.6) is 0 Å². The Bertz CT molecular complexity index is 553. The van der Waals surface area contributed by atoms with Crippen LogP contribution in [0.15, 0.2) is 28.2 Å². The highest BCUT2D eigenvalue weighted by Gasteiger charge is 2.12. The molecule has 1 fully saturated rings. The van der Waals surface area contributed by atoms with E-state index in [0.717, 1.165) is 31.5 Å². The van der Waals surface area contributed by atoms with Crippen molar-refractivity contribution >= 4 is 47.5 Å². The van der Waals surface area contributed by atoms with E-state index in [2.05, 4.69) is 9.98 Å². The Labute approximate surface area is 146 Å². The highest BCUT2D eigenvalue weighted by molar-refractivity contribution is 6.42. The summed E-state index contributed by atoms with van der Waals surface area (Å²) in [6.07, 6.45) is 3.51. The summed E-state index contributed by atoms with van der Waals surface area (Å²) in [7, 11) is 0. The van der Waals surface area contributed by atoms with Crippen LogP contribution < -0.4 is 11.5 Å². The third-order valence-corrected chi connectivity index (χ3v) is 4.06. The Balaban J connectivity index is 0.00000242. The Morgan fingerprint density at radius 2 is 1.77 bits per heavy atom. The number of likely N-dealkylation sites (tertiary alicyclic amines) is 1. The molecule has 0 saturated carbocycles. The van der Waals surface area contributed by atoms with Gasteiger partial charge in [0.15, 0.2) is 5.96 Å². The van der Waals surface area contributed by atoms with Gasteiger partial charge < -0.3 is 16.4 Å². The van der Waals surface area contributed by atoms with Crippen LogP contribution in [0.2, 0.25) is 10.0 Å². The number of guanidine groups is 2. The largest absolute Gasteiger partial charge is 0.369 e. The van der Waals surface area contributed by atoms with Gasteiger partial charge in [-0.2, -0.15) is 4.99 Å². The van der Waals surface area contributed by atoms with Crippen LogP contribution in [0.25, 0.3) is 0 Å². The number of nitrogens with two attached hydrogens (primary N) is 2. The number of halogens is 3. The van der Waals surface area contributed by atoms with Crippen molar-refractivity contribution in [2.45, 2.75) is 25.8 Å².